The van der Waals surface area contributed by atoms with Crippen LogP contribution in [0, 0.1) is 20.8 Å². The molecule has 0 aliphatic carbocycles. The van der Waals surface area contributed by atoms with Crippen LogP contribution in [0.4, 0.5) is 5.69 Å². The minimum Gasteiger partial charge on any atom is -0.396 e. The second-order valence-corrected chi connectivity index (χ2v) is 4.25. The Balaban J connectivity index is 1.92. The van der Waals surface area contributed by atoms with Crippen molar-refractivity contribution in [1.29, 1.82) is 0 Å². The highest BCUT2D eigenvalue weighted by Gasteiger charge is 2.12. The average Bonchev–Trinajstić information content (AvgIpc) is 2.88. The first-order valence-electron chi connectivity index (χ1n) is 5.82. The molecule has 1 amide bonds. The summed E-state index contributed by atoms with van der Waals surface area (Å²) in [6.45, 7) is 5.65. The fourth-order valence-electron chi connectivity index (χ4n) is 1.64. The number of nitrogen functional groups attached to an aromatic ring is 1. The van der Waals surface area contributed by atoms with E-state index in [-0.39, 0.29) is 19.0 Å². The van der Waals surface area contributed by atoms with Crippen LogP contribution in [0.3, 0.4) is 0 Å². The molecule has 0 radical (unpaired) electrons. The predicted octanol–water partition coefficient (Wildman–Crippen LogP) is 0.0900. The summed E-state index contributed by atoms with van der Waals surface area (Å²) in [5, 5.41) is 10.5. The number of rotatable bonds is 4. The van der Waals surface area contributed by atoms with E-state index in [1.807, 2.05) is 6.92 Å². The number of nitrogens with two attached hydrogens (primary N) is 1. The molecule has 2 aromatic heterocycles. The molecule has 102 valence electrons. The highest BCUT2D eigenvalue weighted by Crippen LogP contribution is 2.14. The number of amides is 1. The highest BCUT2D eigenvalue weighted by molar-refractivity contribution is 5.75. The number of aryl methyl sites for hydroxylation is 2. The number of carbonyl (C=O) groups excluding carboxylic acids is 1. The molecule has 0 bridgehead atoms. The molecule has 0 fully saturated rings. The Labute approximate surface area is 110 Å². The third-order valence-corrected chi connectivity index (χ3v) is 2.74. The minimum atomic E-state index is -0.193. The summed E-state index contributed by atoms with van der Waals surface area (Å²) in [6, 6.07) is 0. The van der Waals surface area contributed by atoms with Gasteiger partial charge in [0.15, 0.2) is 5.82 Å². The number of hydrogen-bond donors (Lipinski definition) is 2. The number of aromatic nitrogens is 4. The van der Waals surface area contributed by atoms with Crippen molar-refractivity contribution in [3.8, 4) is 0 Å². The molecule has 0 aromatic carbocycles. The van der Waals surface area contributed by atoms with Crippen molar-refractivity contribution in [2.24, 2.45) is 0 Å². The lowest BCUT2D eigenvalue weighted by atomic mass is 10.3. The molecule has 8 heteroatoms. The van der Waals surface area contributed by atoms with Gasteiger partial charge in [-0.25, -0.2) is 0 Å². The van der Waals surface area contributed by atoms with Crippen LogP contribution in [0.1, 0.15) is 23.1 Å². The van der Waals surface area contributed by atoms with Crippen molar-refractivity contribution < 1.29 is 9.32 Å². The quantitative estimate of drug-likeness (QED) is 0.809. The van der Waals surface area contributed by atoms with E-state index in [9.17, 15) is 4.79 Å². The molecule has 3 N–H and O–H groups in total. The molecule has 19 heavy (non-hydrogen) atoms. The molecule has 8 nitrogen and oxygen atoms in total. The number of hydrogen-bond acceptors (Lipinski definition) is 6. The van der Waals surface area contributed by atoms with Gasteiger partial charge >= 0.3 is 0 Å². The Morgan fingerprint density at radius 2 is 2.16 bits per heavy atom. The Morgan fingerprint density at radius 3 is 2.68 bits per heavy atom. The monoisotopic (exact) mass is 264 g/mol. The van der Waals surface area contributed by atoms with Crippen LogP contribution in [-0.2, 0) is 17.9 Å². The van der Waals surface area contributed by atoms with Gasteiger partial charge in [0.05, 0.1) is 23.6 Å². The van der Waals surface area contributed by atoms with Crippen LogP contribution < -0.4 is 11.1 Å². The molecule has 0 aliphatic rings. The van der Waals surface area contributed by atoms with Crippen molar-refractivity contribution in [1.82, 2.24) is 25.2 Å². The first-order chi connectivity index (χ1) is 8.97. The lowest BCUT2D eigenvalue weighted by Crippen LogP contribution is -2.28. The fraction of sp³-hybridized carbons (Fsp3) is 0.455. The maximum Gasteiger partial charge on any atom is 0.246 e. The van der Waals surface area contributed by atoms with Gasteiger partial charge in [0.1, 0.15) is 6.54 Å². The van der Waals surface area contributed by atoms with Crippen LogP contribution in [0.2, 0.25) is 0 Å². The summed E-state index contributed by atoms with van der Waals surface area (Å²) in [4.78, 5) is 15.8. The molecule has 0 unspecified atom stereocenters. The van der Waals surface area contributed by atoms with Crippen LogP contribution >= 0.6 is 0 Å². The molecule has 2 rings (SSSR count). The van der Waals surface area contributed by atoms with Crippen molar-refractivity contribution >= 4 is 11.6 Å². The van der Waals surface area contributed by atoms with E-state index in [1.54, 1.807) is 18.5 Å². The van der Waals surface area contributed by atoms with Gasteiger partial charge in [0.2, 0.25) is 11.8 Å². The smallest absolute Gasteiger partial charge is 0.246 e. The van der Waals surface area contributed by atoms with Gasteiger partial charge in [-0.3, -0.25) is 9.48 Å². The van der Waals surface area contributed by atoms with Gasteiger partial charge in [0, 0.05) is 0 Å². The lowest BCUT2D eigenvalue weighted by Gasteiger charge is -2.04. The number of nitrogens with one attached hydrogen (secondary N) is 1. The first-order valence-corrected chi connectivity index (χ1v) is 5.82. The molecular formula is C11H16N6O2. The van der Waals surface area contributed by atoms with Crippen molar-refractivity contribution in [3.63, 3.8) is 0 Å². The van der Waals surface area contributed by atoms with E-state index in [0.717, 1.165) is 11.4 Å². The number of nitrogens with zero attached hydrogens (tertiary/aromatic N) is 4. The zero-order valence-electron chi connectivity index (χ0n) is 11.1. The fourth-order valence-corrected chi connectivity index (χ4v) is 1.64. The van der Waals surface area contributed by atoms with Gasteiger partial charge in [-0.15, -0.1) is 0 Å². The van der Waals surface area contributed by atoms with Crippen LogP contribution in [-0.4, -0.2) is 25.8 Å². The van der Waals surface area contributed by atoms with Gasteiger partial charge in [-0.1, -0.05) is 5.16 Å². The second-order valence-electron chi connectivity index (χ2n) is 4.25. The number of anilines is 1. The zero-order chi connectivity index (χ0) is 14.0. The maximum atomic E-state index is 11.8. The second kappa shape index (κ2) is 5.09. The maximum absolute atomic E-state index is 11.8. The van der Waals surface area contributed by atoms with E-state index >= 15 is 0 Å². The average molecular weight is 264 g/mol. The summed E-state index contributed by atoms with van der Waals surface area (Å²) in [6.07, 6.45) is 0. The summed E-state index contributed by atoms with van der Waals surface area (Å²) in [5.74, 6) is 0.718. The lowest BCUT2D eigenvalue weighted by molar-refractivity contribution is -0.122. The van der Waals surface area contributed by atoms with Gasteiger partial charge in [0.25, 0.3) is 0 Å². The standard InChI is InChI=1S/C11H16N6O2/c1-6-11(12)7(2)17(15-6)5-9(18)13-4-10-14-8(3)16-19-10/h4-5,12H2,1-3H3,(H,13,18). The van der Waals surface area contributed by atoms with E-state index in [4.69, 9.17) is 10.3 Å². The predicted molar refractivity (Wildman–Crippen MR) is 67.0 cm³/mol. The van der Waals surface area contributed by atoms with Crippen LogP contribution in [0.5, 0.6) is 0 Å². The van der Waals surface area contributed by atoms with E-state index in [0.29, 0.717) is 17.4 Å². The largest absolute Gasteiger partial charge is 0.396 e. The van der Waals surface area contributed by atoms with Crippen LogP contribution in [0.25, 0.3) is 0 Å². The molecule has 2 aromatic rings. The van der Waals surface area contributed by atoms with Gasteiger partial charge in [-0.05, 0) is 20.8 Å². The molecule has 0 spiro atoms. The Bertz CT molecular complexity index is 600. The summed E-state index contributed by atoms with van der Waals surface area (Å²) in [5.41, 5.74) is 7.91. The van der Waals surface area contributed by atoms with E-state index in [1.165, 1.54) is 0 Å². The van der Waals surface area contributed by atoms with Crippen molar-refractivity contribution in [3.05, 3.63) is 23.1 Å². The highest BCUT2D eigenvalue weighted by atomic mass is 16.5. The molecule has 2 heterocycles. The minimum absolute atomic E-state index is 0.108. The van der Waals surface area contributed by atoms with E-state index in [2.05, 4.69) is 20.6 Å². The summed E-state index contributed by atoms with van der Waals surface area (Å²) in [7, 11) is 0. The summed E-state index contributed by atoms with van der Waals surface area (Å²) < 4.78 is 6.46. The van der Waals surface area contributed by atoms with Gasteiger partial charge in [-0.2, -0.15) is 10.1 Å². The molecule has 0 saturated heterocycles. The van der Waals surface area contributed by atoms with Crippen LogP contribution in [0.15, 0.2) is 4.52 Å². The summed E-state index contributed by atoms with van der Waals surface area (Å²) >= 11 is 0. The first kappa shape index (κ1) is 13.1. The Morgan fingerprint density at radius 1 is 1.42 bits per heavy atom. The topological polar surface area (TPSA) is 112 Å². The molecule has 0 atom stereocenters. The normalized spacial score (nSPS) is 10.7. The van der Waals surface area contributed by atoms with E-state index < -0.39 is 0 Å². The SMILES string of the molecule is Cc1noc(CNC(=O)Cn2nc(C)c(N)c2C)n1. The third-order valence-electron chi connectivity index (χ3n) is 2.74. The molecule has 0 saturated carbocycles. The zero-order valence-corrected chi connectivity index (χ0v) is 11.1. The van der Waals surface area contributed by atoms with Crippen molar-refractivity contribution in [2.45, 2.75) is 33.9 Å². The molecular weight excluding hydrogens is 248 g/mol. The third kappa shape index (κ3) is 2.90. The van der Waals surface area contributed by atoms with Gasteiger partial charge < -0.3 is 15.6 Å². The Hall–Kier alpha value is -2.38. The Kier molecular flexibility index (Phi) is 3.50. The van der Waals surface area contributed by atoms with Crippen molar-refractivity contribution in [2.75, 3.05) is 5.73 Å². The number of carbonyl (C=O) groups is 1. The molecule has 0 aliphatic heterocycles.